The second-order valence-electron chi connectivity index (χ2n) is 6.18. The lowest BCUT2D eigenvalue weighted by atomic mass is 10.2. The molecule has 27 heavy (non-hydrogen) atoms. The minimum absolute atomic E-state index is 0. The maximum atomic E-state index is 12.8. The molecule has 0 bridgehead atoms. The van der Waals surface area contributed by atoms with E-state index in [2.05, 4.69) is 39.8 Å². The van der Waals surface area contributed by atoms with Crippen molar-refractivity contribution in [1.29, 1.82) is 0 Å². The Kier molecular flexibility index (Phi) is 11.3. The van der Waals surface area contributed by atoms with Crippen LogP contribution in [0.3, 0.4) is 0 Å². The van der Waals surface area contributed by atoms with Gasteiger partial charge in [-0.2, -0.15) is 0 Å². The van der Waals surface area contributed by atoms with Crippen LogP contribution < -0.4 is 15.4 Å². The SMILES string of the molecule is CN=C(NCCCCOc1ccc(F)cc1)NCc1nc(C(C)C)cs1.I. The third kappa shape index (κ3) is 8.87. The Morgan fingerprint density at radius 1 is 1.22 bits per heavy atom. The molecule has 2 rings (SSSR count). The molecule has 0 saturated carbocycles. The molecule has 5 nitrogen and oxygen atoms in total. The summed E-state index contributed by atoms with van der Waals surface area (Å²) >= 11 is 1.67. The number of aromatic nitrogens is 1. The molecule has 2 aromatic rings. The van der Waals surface area contributed by atoms with Gasteiger partial charge in [0.1, 0.15) is 16.6 Å². The van der Waals surface area contributed by atoms with Gasteiger partial charge in [-0.3, -0.25) is 4.99 Å². The number of hydrogen-bond acceptors (Lipinski definition) is 4. The summed E-state index contributed by atoms with van der Waals surface area (Å²) in [4.78, 5) is 8.83. The molecule has 1 heterocycles. The predicted molar refractivity (Wildman–Crippen MR) is 121 cm³/mol. The van der Waals surface area contributed by atoms with Crippen molar-refractivity contribution in [3.63, 3.8) is 0 Å². The zero-order valence-electron chi connectivity index (χ0n) is 16.0. The number of halogens is 2. The van der Waals surface area contributed by atoms with E-state index in [0.29, 0.717) is 24.8 Å². The molecule has 0 saturated heterocycles. The number of benzene rings is 1. The van der Waals surface area contributed by atoms with E-state index in [-0.39, 0.29) is 29.8 Å². The van der Waals surface area contributed by atoms with E-state index in [1.807, 2.05) is 0 Å². The number of nitrogens with zero attached hydrogens (tertiary/aromatic N) is 2. The van der Waals surface area contributed by atoms with Crippen molar-refractivity contribution in [1.82, 2.24) is 15.6 Å². The average molecular weight is 506 g/mol. The number of guanidine groups is 1. The van der Waals surface area contributed by atoms with Crippen LogP contribution in [0.4, 0.5) is 4.39 Å². The summed E-state index contributed by atoms with van der Waals surface area (Å²) < 4.78 is 18.4. The normalized spacial score (nSPS) is 11.2. The van der Waals surface area contributed by atoms with Crippen molar-refractivity contribution in [2.45, 2.75) is 39.2 Å². The third-order valence-corrected chi connectivity index (χ3v) is 4.60. The van der Waals surface area contributed by atoms with Crippen molar-refractivity contribution in [2.24, 2.45) is 4.99 Å². The summed E-state index contributed by atoms with van der Waals surface area (Å²) in [7, 11) is 1.76. The lowest BCUT2D eigenvalue weighted by Crippen LogP contribution is -2.37. The number of ether oxygens (including phenoxy) is 1. The van der Waals surface area contributed by atoms with Gasteiger partial charge in [-0.15, -0.1) is 35.3 Å². The first-order valence-electron chi connectivity index (χ1n) is 8.85. The van der Waals surface area contributed by atoms with Gasteiger partial charge in [0.15, 0.2) is 5.96 Å². The summed E-state index contributed by atoms with van der Waals surface area (Å²) in [5.41, 5.74) is 1.14. The first-order valence-corrected chi connectivity index (χ1v) is 9.73. The van der Waals surface area contributed by atoms with Gasteiger partial charge >= 0.3 is 0 Å². The van der Waals surface area contributed by atoms with Gasteiger partial charge in [-0.05, 0) is 43.0 Å². The Morgan fingerprint density at radius 3 is 2.59 bits per heavy atom. The zero-order valence-corrected chi connectivity index (χ0v) is 19.1. The molecule has 150 valence electrons. The summed E-state index contributed by atoms with van der Waals surface area (Å²) in [5.74, 6) is 1.67. The van der Waals surface area contributed by atoms with Crippen LogP contribution in [-0.4, -0.2) is 31.1 Å². The van der Waals surface area contributed by atoms with Crippen LogP contribution in [0.2, 0.25) is 0 Å². The Morgan fingerprint density at radius 2 is 1.96 bits per heavy atom. The number of hydrogen-bond donors (Lipinski definition) is 2. The van der Waals surface area contributed by atoms with Crippen LogP contribution in [0.15, 0.2) is 34.6 Å². The van der Waals surface area contributed by atoms with Crippen LogP contribution in [0, 0.1) is 5.82 Å². The van der Waals surface area contributed by atoms with Crippen molar-refractivity contribution in [3.8, 4) is 5.75 Å². The van der Waals surface area contributed by atoms with Crippen molar-refractivity contribution in [3.05, 3.63) is 46.2 Å². The Hall–Kier alpha value is -1.42. The minimum Gasteiger partial charge on any atom is -0.494 e. The van der Waals surface area contributed by atoms with E-state index in [4.69, 9.17) is 4.74 Å². The van der Waals surface area contributed by atoms with Gasteiger partial charge < -0.3 is 15.4 Å². The lowest BCUT2D eigenvalue weighted by molar-refractivity contribution is 0.306. The van der Waals surface area contributed by atoms with Crippen LogP contribution in [0.25, 0.3) is 0 Å². The number of nitrogens with one attached hydrogen (secondary N) is 2. The van der Waals surface area contributed by atoms with E-state index in [1.165, 1.54) is 12.1 Å². The monoisotopic (exact) mass is 506 g/mol. The van der Waals surface area contributed by atoms with E-state index < -0.39 is 0 Å². The molecule has 0 unspecified atom stereocenters. The van der Waals surface area contributed by atoms with Gasteiger partial charge in [-0.1, -0.05) is 13.8 Å². The van der Waals surface area contributed by atoms with Crippen molar-refractivity contribution >= 4 is 41.3 Å². The fourth-order valence-corrected chi connectivity index (χ4v) is 3.10. The number of rotatable bonds is 9. The van der Waals surface area contributed by atoms with Crippen LogP contribution in [0.1, 0.15) is 43.3 Å². The highest BCUT2D eigenvalue weighted by molar-refractivity contribution is 14.0. The molecular formula is C19H28FIN4OS. The summed E-state index contributed by atoms with van der Waals surface area (Å²) in [5, 5.41) is 9.74. The first-order chi connectivity index (χ1) is 12.6. The molecule has 0 radical (unpaired) electrons. The van der Waals surface area contributed by atoms with Gasteiger partial charge in [0.2, 0.25) is 0 Å². The zero-order chi connectivity index (χ0) is 18.8. The van der Waals surface area contributed by atoms with E-state index in [1.54, 1.807) is 30.5 Å². The fraction of sp³-hybridized carbons (Fsp3) is 0.474. The van der Waals surface area contributed by atoms with E-state index in [9.17, 15) is 4.39 Å². The van der Waals surface area contributed by atoms with Crippen LogP contribution in [0.5, 0.6) is 5.75 Å². The second kappa shape index (κ2) is 12.9. The molecular weight excluding hydrogens is 478 g/mol. The molecule has 1 aromatic heterocycles. The molecule has 0 aliphatic carbocycles. The molecule has 8 heteroatoms. The van der Waals surface area contributed by atoms with Crippen LogP contribution >= 0.6 is 35.3 Å². The van der Waals surface area contributed by atoms with Crippen molar-refractivity contribution < 1.29 is 9.13 Å². The summed E-state index contributed by atoms with van der Waals surface area (Å²) in [6, 6.07) is 6.09. The smallest absolute Gasteiger partial charge is 0.191 e. The summed E-state index contributed by atoms with van der Waals surface area (Å²) in [6.07, 6.45) is 1.86. The molecule has 0 atom stereocenters. The van der Waals surface area contributed by atoms with Gasteiger partial charge in [-0.25, -0.2) is 9.37 Å². The number of unbranched alkanes of at least 4 members (excludes halogenated alkanes) is 1. The highest BCUT2D eigenvalue weighted by atomic mass is 127. The predicted octanol–water partition coefficient (Wildman–Crippen LogP) is 4.55. The maximum absolute atomic E-state index is 12.8. The quantitative estimate of drug-likeness (QED) is 0.227. The molecule has 0 aliphatic heterocycles. The van der Waals surface area contributed by atoms with Gasteiger partial charge in [0.25, 0.3) is 0 Å². The highest BCUT2D eigenvalue weighted by Gasteiger charge is 2.06. The molecule has 0 aliphatic rings. The minimum atomic E-state index is -0.251. The summed E-state index contributed by atoms with van der Waals surface area (Å²) in [6.45, 7) is 6.38. The van der Waals surface area contributed by atoms with Crippen molar-refractivity contribution in [2.75, 3.05) is 20.2 Å². The maximum Gasteiger partial charge on any atom is 0.191 e. The fourth-order valence-electron chi connectivity index (χ4n) is 2.21. The van der Waals surface area contributed by atoms with E-state index in [0.717, 1.165) is 36.0 Å². The molecule has 0 spiro atoms. The van der Waals surface area contributed by atoms with E-state index >= 15 is 0 Å². The third-order valence-electron chi connectivity index (χ3n) is 3.74. The highest BCUT2D eigenvalue weighted by Crippen LogP contribution is 2.17. The standard InChI is InChI=1S/C19H27FN4OS.HI/c1-14(2)17-13-26-18(24-17)12-23-19(21-3)22-10-4-5-11-25-16-8-6-15(20)7-9-16;/h6-9,13-14H,4-5,10-12H2,1-3H3,(H2,21,22,23);1H. The molecule has 1 aromatic carbocycles. The topological polar surface area (TPSA) is 58.5 Å². The van der Waals surface area contributed by atoms with Gasteiger partial charge in [0, 0.05) is 19.0 Å². The molecule has 2 N–H and O–H groups in total. The molecule has 0 amide bonds. The largest absolute Gasteiger partial charge is 0.494 e. The molecule has 0 fully saturated rings. The lowest BCUT2D eigenvalue weighted by Gasteiger charge is -2.11. The Labute approximate surface area is 181 Å². The van der Waals surface area contributed by atoms with Crippen LogP contribution in [-0.2, 0) is 6.54 Å². The second-order valence-corrected chi connectivity index (χ2v) is 7.13. The number of thiazole rings is 1. The number of aliphatic imine (C=N–C) groups is 1. The average Bonchev–Trinajstić information content (AvgIpc) is 3.11. The first kappa shape index (κ1) is 23.6. The Balaban J connectivity index is 0.00000364. The van der Waals surface area contributed by atoms with Gasteiger partial charge in [0.05, 0.1) is 18.8 Å². The Bertz CT molecular complexity index is 691.